The van der Waals surface area contributed by atoms with E-state index in [1.165, 1.54) is 11.8 Å². The quantitative estimate of drug-likeness (QED) is 0.652. The lowest BCUT2D eigenvalue weighted by Crippen LogP contribution is -2.01. The van der Waals surface area contributed by atoms with Crippen molar-refractivity contribution < 1.29 is 4.79 Å². The number of ketones is 1. The summed E-state index contributed by atoms with van der Waals surface area (Å²) in [5.41, 5.74) is 1.67. The molecule has 2 nitrogen and oxygen atoms in total. The SMILES string of the molecule is CS/C(=C\C(=O)c1ccccc1)Nc1ccccc1. The second kappa shape index (κ2) is 6.81. The van der Waals surface area contributed by atoms with Gasteiger partial charge in [0.25, 0.3) is 0 Å². The zero-order valence-corrected chi connectivity index (χ0v) is 11.5. The van der Waals surface area contributed by atoms with Gasteiger partial charge in [-0.25, -0.2) is 0 Å². The summed E-state index contributed by atoms with van der Waals surface area (Å²) in [7, 11) is 0. The second-order valence-electron chi connectivity index (χ2n) is 3.93. The summed E-state index contributed by atoms with van der Waals surface area (Å²) in [6.45, 7) is 0. The molecule has 2 aromatic rings. The Kier molecular flexibility index (Phi) is 4.81. The summed E-state index contributed by atoms with van der Waals surface area (Å²) in [6.07, 6.45) is 3.58. The fourth-order valence-electron chi connectivity index (χ4n) is 1.61. The Morgan fingerprint density at radius 2 is 1.58 bits per heavy atom. The smallest absolute Gasteiger partial charge is 0.188 e. The molecule has 19 heavy (non-hydrogen) atoms. The van der Waals surface area contributed by atoms with Gasteiger partial charge in [-0.15, -0.1) is 11.8 Å². The van der Waals surface area contributed by atoms with Crippen LogP contribution >= 0.6 is 11.8 Å². The summed E-state index contributed by atoms with van der Waals surface area (Å²) < 4.78 is 0. The van der Waals surface area contributed by atoms with Crippen LogP contribution in [0, 0.1) is 0 Å². The Morgan fingerprint density at radius 1 is 1.00 bits per heavy atom. The summed E-state index contributed by atoms with van der Waals surface area (Å²) in [6, 6.07) is 19.1. The van der Waals surface area contributed by atoms with Crippen LogP contribution in [-0.2, 0) is 0 Å². The Bertz CT molecular complexity index is 564. The highest BCUT2D eigenvalue weighted by Crippen LogP contribution is 2.17. The molecule has 0 spiro atoms. The molecule has 2 aromatic carbocycles. The number of hydrogen-bond acceptors (Lipinski definition) is 3. The van der Waals surface area contributed by atoms with Crippen LogP contribution in [0.15, 0.2) is 71.8 Å². The zero-order valence-electron chi connectivity index (χ0n) is 10.7. The van der Waals surface area contributed by atoms with E-state index in [0.717, 1.165) is 10.7 Å². The molecule has 0 aliphatic carbocycles. The Balaban J connectivity index is 2.13. The summed E-state index contributed by atoms with van der Waals surface area (Å²) in [4.78, 5) is 12.1. The molecule has 0 aromatic heterocycles. The summed E-state index contributed by atoms with van der Waals surface area (Å²) in [5, 5.41) is 4.07. The highest BCUT2D eigenvalue weighted by molar-refractivity contribution is 8.02. The Hall–Kier alpha value is -2.00. The number of rotatable bonds is 5. The number of carbonyl (C=O) groups is 1. The molecule has 0 fully saturated rings. The van der Waals surface area contributed by atoms with Gasteiger partial charge in [0.2, 0.25) is 0 Å². The van der Waals surface area contributed by atoms with Crippen molar-refractivity contribution in [3.63, 3.8) is 0 Å². The topological polar surface area (TPSA) is 29.1 Å². The third-order valence-corrected chi connectivity index (χ3v) is 3.24. The molecule has 0 heterocycles. The minimum atomic E-state index is 0.00776. The average molecular weight is 269 g/mol. The van der Waals surface area contributed by atoms with E-state index in [2.05, 4.69) is 5.32 Å². The van der Waals surface area contributed by atoms with Gasteiger partial charge in [0.15, 0.2) is 5.78 Å². The summed E-state index contributed by atoms with van der Waals surface area (Å²) in [5.74, 6) is 0.00776. The van der Waals surface area contributed by atoms with E-state index < -0.39 is 0 Å². The number of hydrogen-bond donors (Lipinski definition) is 1. The van der Waals surface area contributed by atoms with Crippen LogP contribution in [0.1, 0.15) is 10.4 Å². The van der Waals surface area contributed by atoms with Gasteiger partial charge < -0.3 is 5.32 Å². The third-order valence-electron chi connectivity index (χ3n) is 2.58. The number of nitrogens with one attached hydrogen (secondary N) is 1. The van der Waals surface area contributed by atoms with Crippen LogP contribution in [0.4, 0.5) is 5.69 Å². The van der Waals surface area contributed by atoms with Crippen molar-refractivity contribution in [2.75, 3.05) is 11.6 Å². The van der Waals surface area contributed by atoms with E-state index in [1.54, 1.807) is 6.08 Å². The molecule has 0 aliphatic heterocycles. The Morgan fingerprint density at radius 3 is 2.16 bits per heavy atom. The minimum Gasteiger partial charge on any atom is -0.350 e. The lowest BCUT2D eigenvalue weighted by atomic mass is 10.1. The normalized spacial score (nSPS) is 11.1. The van der Waals surface area contributed by atoms with Gasteiger partial charge >= 0.3 is 0 Å². The van der Waals surface area contributed by atoms with Crippen molar-refractivity contribution in [2.24, 2.45) is 0 Å². The molecule has 0 amide bonds. The lowest BCUT2D eigenvalue weighted by Gasteiger charge is -2.08. The molecular formula is C16H15NOS. The third kappa shape index (κ3) is 4.00. The molecule has 1 N–H and O–H groups in total. The van der Waals surface area contributed by atoms with Crippen LogP contribution in [0.25, 0.3) is 0 Å². The minimum absolute atomic E-state index is 0.00776. The molecule has 0 atom stereocenters. The zero-order chi connectivity index (χ0) is 13.5. The average Bonchev–Trinajstić information content (AvgIpc) is 2.48. The molecule has 2 rings (SSSR count). The van der Waals surface area contributed by atoms with Crippen LogP contribution in [-0.4, -0.2) is 12.0 Å². The van der Waals surface area contributed by atoms with Crippen LogP contribution < -0.4 is 5.32 Å². The Labute approximate surface area is 117 Å². The predicted octanol–water partition coefficient (Wildman–Crippen LogP) is 4.19. The fourth-order valence-corrected chi connectivity index (χ4v) is 2.06. The first-order valence-corrected chi connectivity index (χ1v) is 7.19. The van der Waals surface area contributed by atoms with Gasteiger partial charge in [-0.3, -0.25) is 4.79 Å². The van der Waals surface area contributed by atoms with E-state index >= 15 is 0 Å². The largest absolute Gasteiger partial charge is 0.350 e. The van der Waals surface area contributed by atoms with Crippen molar-refractivity contribution in [1.82, 2.24) is 0 Å². The molecular weight excluding hydrogens is 254 g/mol. The number of carbonyl (C=O) groups excluding carboxylic acids is 1. The highest BCUT2D eigenvalue weighted by Gasteiger charge is 2.04. The monoisotopic (exact) mass is 269 g/mol. The van der Waals surface area contributed by atoms with E-state index in [-0.39, 0.29) is 5.78 Å². The van der Waals surface area contributed by atoms with E-state index in [1.807, 2.05) is 66.9 Å². The summed E-state index contributed by atoms with van der Waals surface area (Å²) >= 11 is 1.52. The lowest BCUT2D eigenvalue weighted by molar-refractivity contribution is 0.104. The molecule has 3 heteroatoms. The van der Waals surface area contributed by atoms with Crippen molar-refractivity contribution in [1.29, 1.82) is 0 Å². The molecule has 0 saturated carbocycles. The number of anilines is 1. The van der Waals surface area contributed by atoms with Crippen molar-refractivity contribution in [3.05, 3.63) is 77.3 Å². The molecule has 0 unspecified atom stereocenters. The van der Waals surface area contributed by atoms with Crippen LogP contribution in [0.2, 0.25) is 0 Å². The van der Waals surface area contributed by atoms with E-state index in [9.17, 15) is 4.79 Å². The molecule has 96 valence electrons. The number of thioether (sulfide) groups is 1. The van der Waals surface area contributed by atoms with Crippen LogP contribution in [0.3, 0.4) is 0 Å². The maximum absolute atomic E-state index is 12.1. The fraction of sp³-hybridized carbons (Fsp3) is 0.0625. The van der Waals surface area contributed by atoms with Gasteiger partial charge in [-0.1, -0.05) is 48.5 Å². The molecule has 0 saturated heterocycles. The first-order valence-electron chi connectivity index (χ1n) is 5.97. The molecule has 0 bridgehead atoms. The first kappa shape index (κ1) is 13.4. The van der Waals surface area contributed by atoms with Gasteiger partial charge in [-0.05, 0) is 18.4 Å². The van der Waals surface area contributed by atoms with Gasteiger partial charge in [0, 0.05) is 17.3 Å². The van der Waals surface area contributed by atoms with Gasteiger partial charge in [-0.2, -0.15) is 0 Å². The van der Waals surface area contributed by atoms with Crippen molar-refractivity contribution in [3.8, 4) is 0 Å². The number of para-hydroxylation sites is 1. The van der Waals surface area contributed by atoms with E-state index in [0.29, 0.717) is 5.56 Å². The number of allylic oxidation sites excluding steroid dienone is 1. The van der Waals surface area contributed by atoms with E-state index in [4.69, 9.17) is 0 Å². The maximum atomic E-state index is 12.1. The van der Waals surface area contributed by atoms with Gasteiger partial charge in [0.05, 0.1) is 5.03 Å². The second-order valence-corrected chi connectivity index (χ2v) is 4.78. The maximum Gasteiger partial charge on any atom is 0.188 e. The molecule has 0 aliphatic rings. The highest BCUT2D eigenvalue weighted by atomic mass is 32.2. The molecule has 0 radical (unpaired) electrons. The predicted molar refractivity (Wildman–Crippen MR) is 82.4 cm³/mol. The van der Waals surface area contributed by atoms with Crippen molar-refractivity contribution >= 4 is 23.2 Å². The van der Waals surface area contributed by atoms with Crippen molar-refractivity contribution in [2.45, 2.75) is 0 Å². The number of benzene rings is 2. The first-order chi connectivity index (χ1) is 9.29. The standard InChI is InChI=1S/C16H15NOS/c1-19-16(17-14-10-6-3-7-11-14)12-15(18)13-8-4-2-5-9-13/h2-12,17H,1H3/b16-12-. The van der Waals surface area contributed by atoms with Gasteiger partial charge in [0.1, 0.15) is 0 Å². The van der Waals surface area contributed by atoms with Crippen LogP contribution in [0.5, 0.6) is 0 Å².